The number of hydrogen-bond acceptors (Lipinski definition) is 5. The molecule has 1 aromatic carbocycles. The lowest BCUT2D eigenvalue weighted by Crippen LogP contribution is -2.24. The molecule has 0 aliphatic heterocycles. The van der Waals surface area contributed by atoms with Gasteiger partial charge in [0.1, 0.15) is 17.3 Å². The fourth-order valence-electron chi connectivity index (χ4n) is 2.10. The summed E-state index contributed by atoms with van der Waals surface area (Å²) < 4.78 is 12.9. The molecule has 25 heavy (non-hydrogen) atoms. The van der Waals surface area contributed by atoms with Crippen LogP contribution in [0.4, 0.5) is 10.2 Å². The molecule has 7 heteroatoms. The first-order valence-electron chi connectivity index (χ1n) is 7.68. The standard InChI is InChI=1S/C18H16FN5O/c19-15-3-1-13(2-4-15)9-22-17-12-21-16(11-23-17)18(25)24-10-14-5-7-20-8-6-14/h1-8,11-12H,9-10H2,(H,22,23)(H,24,25). The molecular formula is C18H16FN5O. The van der Waals surface area contributed by atoms with Gasteiger partial charge in [-0.25, -0.2) is 14.4 Å². The first-order valence-corrected chi connectivity index (χ1v) is 7.68. The van der Waals surface area contributed by atoms with Gasteiger partial charge in [0.25, 0.3) is 5.91 Å². The quantitative estimate of drug-likeness (QED) is 0.723. The molecule has 2 N–H and O–H groups in total. The number of aromatic nitrogens is 3. The fourth-order valence-corrected chi connectivity index (χ4v) is 2.10. The van der Waals surface area contributed by atoms with Crippen LogP contribution in [0.5, 0.6) is 0 Å². The summed E-state index contributed by atoms with van der Waals surface area (Å²) in [6.07, 6.45) is 6.24. The Morgan fingerprint density at radius 1 is 0.920 bits per heavy atom. The Bertz CT molecular complexity index is 822. The maximum absolute atomic E-state index is 12.9. The van der Waals surface area contributed by atoms with Crippen molar-refractivity contribution in [3.8, 4) is 0 Å². The second-order valence-corrected chi connectivity index (χ2v) is 5.31. The predicted molar refractivity (Wildman–Crippen MR) is 91.2 cm³/mol. The third-order valence-corrected chi connectivity index (χ3v) is 3.47. The van der Waals surface area contributed by atoms with E-state index >= 15 is 0 Å². The van der Waals surface area contributed by atoms with Crippen molar-refractivity contribution in [3.05, 3.63) is 83.8 Å². The number of amides is 1. The van der Waals surface area contributed by atoms with Gasteiger partial charge in [0.05, 0.1) is 12.4 Å². The van der Waals surface area contributed by atoms with Gasteiger partial charge in [-0.3, -0.25) is 9.78 Å². The molecule has 3 rings (SSSR count). The van der Waals surface area contributed by atoms with E-state index in [4.69, 9.17) is 0 Å². The van der Waals surface area contributed by atoms with Crippen LogP contribution in [0.1, 0.15) is 21.6 Å². The summed E-state index contributed by atoms with van der Waals surface area (Å²) >= 11 is 0. The van der Waals surface area contributed by atoms with Crippen LogP contribution in [-0.4, -0.2) is 20.9 Å². The number of benzene rings is 1. The molecule has 0 aliphatic rings. The maximum Gasteiger partial charge on any atom is 0.271 e. The lowest BCUT2D eigenvalue weighted by molar-refractivity contribution is 0.0945. The first-order chi connectivity index (χ1) is 12.2. The third-order valence-electron chi connectivity index (χ3n) is 3.47. The Morgan fingerprint density at radius 3 is 2.32 bits per heavy atom. The van der Waals surface area contributed by atoms with E-state index in [1.807, 2.05) is 12.1 Å². The Balaban J connectivity index is 1.52. The summed E-state index contributed by atoms with van der Waals surface area (Å²) in [6.45, 7) is 0.885. The zero-order chi connectivity index (χ0) is 17.5. The van der Waals surface area contributed by atoms with Crippen LogP contribution < -0.4 is 10.6 Å². The Hall–Kier alpha value is -3.35. The minimum Gasteiger partial charge on any atom is -0.365 e. The topological polar surface area (TPSA) is 79.8 Å². The van der Waals surface area contributed by atoms with E-state index in [-0.39, 0.29) is 17.4 Å². The zero-order valence-electron chi connectivity index (χ0n) is 13.3. The van der Waals surface area contributed by atoms with Crippen molar-refractivity contribution in [1.29, 1.82) is 0 Å². The molecule has 0 saturated heterocycles. The summed E-state index contributed by atoms with van der Waals surface area (Å²) in [5.74, 6) is -0.0323. The SMILES string of the molecule is O=C(NCc1ccncc1)c1cnc(NCc2ccc(F)cc2)cn1. The van der Waals surface area contributed by atoms with Gasteiger partial charge in [0.2, 0.25) is 0 Å². The van der Waals surface area contributed by atoms with Crippen molar-refractivity contribution in [2.45, 2.75) is 13.1 Å². The largest absolute Gasteiger partial charge is 0.365 e. The molecule has 2 heterocycles. The second kappa shape index (κ2) is 7.96. The van der Waals surface area contributed by atoms with Crippen molar-refractivity contribution in [2.75, 3.05) is 5.32 Å². The highest BCUT2D eigenvalue weighted by Crippen LogP contribution is 2.07. The Kier molecular flexibility index (Phi) is 5.26. The van der Waals surface area contributed by atoms with Crippen molar-refractivity contribution >= 4 is 11.7 Å². The summed E-state index contributed by atoms with van der Waals surface area (Å²) in [6, 6.07) is 9.84. The van der Waals surface area contributed by atoms with Crippen molar-refractivity contribution in [2.24, 2.45) is 0 Å². The molecule has 0 spiro atoms. The smallest absolute Gasteiger partial charge is 0.271 e. The van der Waals surface area contributed by atoms with Gasteiger partial charge >= 0.3 is 0 Å². The number of halogens is 1. The maximum atomic E-state index is 12.9. The number of anilines is 1. The number of rotatable bonds is 6. The highest BCUT2D eigenvalue weighted by atomic mass is 19.1. The molecule has 0 saturated carbocycles. The number of hydrogen-bond donors (Lipinski definition) is 2. The molecule has 126 valence electrons. The molecule has 0 bridgehead atoms. The molecule has 2 aromatic heterocycles. The number of pyridine rings is 1. The van der Waals surface area contributed by atoms with Crippen LogP contribution >= 0.6 is 0 Å². The second-order valence-electron chi connectivity index (χ2n) is 5.31. The summed E-state index contributed by atoms with van der Waals surface area (Å²) in [7, 11) is 0. The van der Waals surface area contributed by atoms with Crippen LogP contribution in [-0.2, 0) is 13.1 Å². The van der Waals surface area contributed by atoms with Gasteiger partial charge in [-0.1, -0.05) is 12.1 Å². The van der Waals surface area contributed by atoms with Crippen LogP contribution in [0.15, 0.2) is 61.2 Å². The fraction of sp³-hybridized carbons (Fsp3) is 0.111. The van der Waals surface area contributed by atoms with E-state index in [0.717, 1.165) is 11.1 Å². The van der Waals surface area contributed by atoms with Crippen LogP contribution in [0.25, 0.3) is 0 Å². The van der Waals surface area contributed by atoms with Gasteiger partial charge in [-0.05, 0) is 35.4 Å². The van der Waals surface area contributed by atoms with Gasteiger partial charge < -0.3 is 10.6 Å². The van der Waals surface area contributed by atoms with Gasteiger partial charge in [0.15, 0.2) is 0 Å². The molecule has 0 unspecified atom stereocenters. The average Bonchev–Trinajstić information content (AvgIpc) is 2.67. The van der Waals surface area contributed by atoms with E-state index in [9.17, 15) is 9.18 Å². The highest BCUT2D eigenvalue weighted by molar-refractivity contribution is 5.91. The van der Waals surface area contributed by atoms with Crippen molar-refractivity contribution < 1.29 is 9.18 Å². The van der Waals surface area contributed by atoms with Gasteiger partial charge in [-0.2, -0.15) is 0 Å². The van der Waals surface area contributed by atoms with E-state index in [2.05, 4.69) is 25.6 Å². The average molecular weight is 337 g/mol. The lowest BCUT2D eigenvalue weighted by Gasteiger charge is -2.07. The molecule has 3 aromatic rings. The zero-order valence-corrected chi connectivity index (χ0v) is 13.3. The molecule has 0 fully saturated rings. The lowest BCUT2D eigenvalue weighted by atomic mass is 10.2. The van der Waals surface area contributed by atoms with Crippen LogP contribution in [0.2, 0.25) is 0 Å². The number of nitrogens with zero attached hydrogens (tertiary/aromatic N) is 3. The molecule has 0 aliphatic carbocycles. The number of carbonyl (C=O) groups is 1. The number of carbonyl (C=O) groups excluding carboxylic acids is 1. The van der Waals surface area contributed by atoms with Crippen molar-refractivity contribution in [1.82, 2.24) is 20.3 Å². The minimum absolute atomic E-state index is 0.237. The monoisotopic (exact) mass is 337 g/mol. The van der Waals surface area contributed by atoms with E-state index < -0.39 is 0 Å². The molecule has 6 nitrogen and oxygen atoms in total. The Morgan fingerprint density at radius 2 is 1.64 bits per heavy atom. The number of nitrogens with one attached hydrogen (secondary N) is 2. The highest BCUT2D eigenvalue weighted by Gasteiger charge is 2.07. The van der Waals surface area contributed by atoms with E-state index in [1.165, 1.54) is 24.5 Å². The summed E-state index contributed by atoms with van der Waals surface area (Å²) in [5.41, 5.74) is 2.11. The van der Waals surface area contributed by atoms with Crippen molar-refractivity contribution in [3.63, 3.8) is 0 Å². The van der Waals surface area contributed by atoms with Gasteiger partial charge in [0, 0.05) is 25.5 Å². The summed E-state index contributed by atoms with van der Waals surface area (Å²) in [5, 5.41) is 5.84. The van der Waals surface area contributed by atoms with E-state index in [1.54, 1.807) is 24.5 Å². The minimum atomic E-state index is -0.297. The third kappa shape index (κ3) is 4.81. The predicted octanol–water partition coefficient (Wildman–Crippen LogP) is 2.55. The van der Waals surface area contributed by atoms with Crippen LogP contribution in [0, 0.1) is 5.82 Å². The first kappa shape index (κ1) is 16.5. The van der Waals surface area contributed by atoms with Gasteiger partial charge in [-0.15, -0.1) is 0 Å². The molecule has 0 radical (unpaired) electrons. The van der Waals surface area contributed by atoms with Crippen LogP contribution in [0.3, 0.4) is 0 Å². The normalized spacial score (nSPS) is 10.3. The molecule has 1 amide bonds. The molecular weight excluding hydrogens is 321 g/mol. The summed E-state index contributed by atoms with van der Waals surface area (Å²) in [4.78, 5) is 24.3. The Labute approximate surface area is 144 Å². The molecule has 0 atom stereocenters. The van der Waals surface area contributed by atoms with E-state index in [0.29, 0.717) is 18.9 Å².